The van der Waals surface area contributed by atoms with E-state index < -0.39 is 5.82 Å². The molecular formula is C19H19ClFN3O2S2. The zero-order valence-corrected chi connectivity index (χ0v) is 17.8. The number of nitrogens with zero attached hydrogens (tertiary/aromatic N) is 2. The van der Waals surface area contributed by atoms with Crippen molar-refractivity contribution in [1.29, 1.82) is 0 Å². The monoisotopic (exact) mass is 439 g/mol. The van der Waals surface area contributed by atoms with Crippen LogP contribution >= 0.6 is 35.1 Å². The summed E-state index contributed by atoms with van der Waals surface area (Å²) in [5.74, 6) is 0.401. The van der Waals surface area contributed by atoms with Crippen LogP contribution in [0.4, 0.5) is 4.39 Å². The molecule has 1 atom stereocenters. The largest absolute Gasteiger partial charge is 0.355 e. The van der Waals surface area contributed by atoms with Crippen molar-refractivity contribution in [3.8, 4) is 0 Å². The summed E-state index contributed by atoms with van der Waals surface area (Å²) in [6.45, 7) is 4.35. The second kappa shape index (κ2) is 9.24. The highest BCUT2D eigenvalue weighted by molar-refractivity contribution is 8.17. The van der Waals surface area contributed by atoms with Gasteiger partial charge in [-0.2, -0.15) is 16.8 Å². The van der Waals surface area contributed by atoms with E-state index in [-0.39, 0.29) is 34.7 Å². The van der Waals surface area contributed by atoms with Gasteiger partial charge in [0.15, 0.2) is 0 Å². The summed E-state index contributed by atoms with van der Waals surface area (Å²) in [4.78, 5) is 33.9. The molecule has 148 valence electrons. The maximum atomic E-state index is 13.7. The van der Waals surface area contributed by atoms with Gasteiger partial charge in [-0.05, 0) is 36.5 Å². The summed E-state index contributed by atoms with van der Waals surface area (Å²) in [6.07, 6.45) is -0.102. The average Bonchev–Trinajstić information content (AvgIpc) is 2.92. The first-order valence-corrected chi connectivity index (χ1v) is 11.0. The number of halogens is 2. The van der Waals surface area contributed by atoms with Crippen LogP contribution in [0.25, 0.3) is 0 Å². The van der Waals surface area contributed by atoms with Crippen LogP contribution in [-0.2, 0) is 16.0 Å². The molecular weight excluding hydrogens is 421 g/mol. The molecule has 1 unspecified atom stereocenters. The SMILES string of the molecule is CC1=C(C)C2C(=O)N=C(CSCCNC(=O)Cc3c(F)cccc3Cl)N=C2S1. The minimum atomic E-state index is -0.487. The van der Waals surface area contributed by atoms with E-state index in [0.29, 0.717) is 23.9 Å². The Bertz CT molecular complexity index is 894. The highest BCUT2D eigenvalue weighted by atomic mass is 35.5. The number of amides is 2. The molecule has 9 heteroatoms. The van der Waals surface area contributed by atoms with Gasteiger partial charge in [-0.3, -0.25) is 9.59 Å². The van der Waals surface area contributed by atoms with E-state index in [9.17, 15) is 14.0 Å². The van der Waals surface area contributed by atoms with E-state index in [1.807, 2.05) is 13.8 Å². The number of benzene rings is 1. The number of amidine groups is 1. The van der Waals surface area contributed by atoms with Crippen LogP contribution in [0.2, 0.25) is 5.02 Å². The van der Waals surface area contributed by atoms with Crippen molar-refractivity contribution in [1.82, 2.24) is 5.32 Å². The lowest BCUT2D eigenvalue weighted by Crippen LogP contribution is -2.28. The van der Waals surface area contributed by atoms with Crippen molar-refractivity contribution in [2.45, 2.75) is 20.3 Å². The van der Waals surface area contributed by atoms with E-state index in [4.69, 9.17) is 11.6 Å². The van der Waals surface area contributed by atoms with Gasteiger partial charge >= 0.3 is 0 Å². The number of carbonyl (C=O) groups excluding carboxylic acids is 2. The highest BCUT2D eigenvalue weighted by Crippen LogP contribution is 2.40. The zero-order chi connectivity index (χ0) is 20.3. The van der Waals surface area contributed by atoms with E-state index in [1.54, 1.807) is 6.07 Å². The Kier molecular flexibility index (Phi) is 6.95. The van der Waals surface area contributed by atoms with Gasteiger partial charge in [0, 0.05) is 22.9 Å². The van der Waals surface area contributed by atoms with Crippen LogP contribution in [0.5, 0.6) is 0 Å². The number of aliphatic imine (C=N–C) groups is 2. The normalized spacial score (nSPS) is 18.7. The van der Waals surface area contributed by atoms with Crippen molar-refractivity contribution in [2.75, 3.05) is 18.1 Å². The van der Waals surface area contributed by atoms with Gasteiger partial charge in [0.2, 0.25) is 5.91 Å². The minimum absolute atomic E-state index is 0.102. The molecule has 28 heavy (non-hydrogen) atoms. The summed E-state index contributed by atoms with van der Waals surface area (Å²) >= 11 is 8.99. The van der Waals surface area contributed by atoms with Gasteiger partial charge < -0.3 is 5.32 Å². The Hall–Kier alpha value is -1.64. The fourth-order valence-corrected chi connectivity index (χ4v) is 4.89. The molecule has 0 aliphatic carbocycles. The Labute approximate surface area is 176 Å². The molecule has 0 saturated carbocycles. The first-order chi connectivity index (χ1) is 13.4. The number of nitrogens with one attached hydrogen (secondary N) is 1. The van der Waals surface area contributed by atoms with Crippen molar-refractivity contribution < 1.29 is 14.0 Å². The Morgan fingerprint density at radius 3 is 2.89 bits per heavy atom. The van der Waals surface area contributed by atoms with E-state index in [2.05, 4.69) is 15.3 Å². The quantitative estimate of drug-likeness (QED) is 0.655. The van der Waals surface area contributed by atoms with Gasteiger partial charge in [0.1, 0.15) is 17.6 Å². The fraction of sp³-hybridized carbons (Fsp3) is 0.368. The lowest BCUT2D eigenvalue weighted by atomic mass is 10.0. The molecule has 5 nitrogen and oxygen atoms in total. The molecule has 0 spiro atoms. The molecule has 0 fully saturated rings. The van der Waals surface area contributed by atoms with Crippen molar-refractivity contribution in [2.24, 2.45) is 15.9 Å². The summed E-state index contributed by atoms with van der Waals surface area (Å²) in [7, 11) is 0. The smallest absolute Gasteiger partial charge is 0.261 e. The van der Waals surface area contributed by atoms with Crippen LogP contribution in [0, 0.1) is 11.7 Å². The molecule has 1 N–H and O–H groups in total. The van der Waals surface area contributed by atoms with Crippen LogP contribution in [-0.4, -0.2) is 40.7 Å². The average molecular weight is 440 g/mol. The molecule has 0 aromatic heterocycles. The number of fused-ring (bicyclic) bond motifs is 1. The number of thioether (sulfide) groups is 2. The molecule has 3 rings (SSSR count). The Balaban J connectivity index is 1.41. The molecule has 0 bridgehead atoms. The van der Waals surface area contributed by atoms with Crippen LogP contribution in [0.15, 0.2) is 38.7 Å². The standard InChI is InChI=1S/C19H19ClFN3O2S2/c1-10-11(2)28-19-17(10)18(26)23-15(24-19)9-27-7-6-22-16(25)8-12-13(20)4-3-5-14(12)21/h3-5,17H,6-9H2,1-2H3,(H,22,25). The zero-order valence-electron chi connectivity index (χ0n) is 15.4. The summed E-state index contributed by atoms with van der Waals surface area (Å²) in [6, 6.07) is 4.34. The molecule has 1 aromatic rings. The summed E-state index contributed by atoms with van der Waals surface area (Å²) in [5.41, 5.74) is 1.23. The first kappa shape index (κ1) is 21.1. The minimum Gasteiger partial charge on any atom is -0.355 e. The number of hydrogen-bond donors (Lipinski definition) is 1. The maximum absolute atomic E-state index is 13.7. The summed E-state index contributed by atoms with van der Waals surface area (Å²) < 4.78 is 13.7. The molecule has 2 amide bonds. The lowest BCUT2D eigenvalue weighted by Gasteiger charge is -2.14. The Morgan fingerprint density at radius 2 is 2.14 bits per heavy atom. The number of carbonyl (C=O) groups is 2. The predicted molar refractivity (Wildman–Crippen MR) is 115 cm³/mol. The van der Waals surface area contributed by atoms with Crippen molar-refractivity contribution in [3.63, 3.8) is 0 Å². The van der Waals surface area contributed by atoms with Gasteiger partial charge in [-0.25, -0.2) is 9.38 Å². The van der Waals surface area contributed by atoms with Crippen molar-refractivity contribution >= 4 is 57.8 Å². The third-order valence-corrected chi connectivity index (χ3v) is 6.89. The third kappa shape index (κ3) is 4.85. The number of rotatable bonds is 7. The molecule has 2 aliphatic rings. The summed E-state index contributed by atoms with van der Waals surface area (Å²) in [5, 5.41) is 3.79. The maximum Gasteiger partial charge on any atom is 0.261 e. The first-order valence-electron chi connectivity index (χ1n) is 8.69. The van der Waals surface area contributed by atoms with Gasteiger partial charge in [-0.15, -0.1) is 0 Å². The molecule has 2 heterocycles. The van der Waals surface area contributed by atoms with E-state index in [1.165, 1.54) is 35.7 Å². The fourth-order valence-electron chi connectivity index (χ4n) is 2.82. The van der Waals surface area contributed by atoms with Crippen molar-refractivity contribution in [3.05, 3.63) is 45.1 Å². The van der Waals surface area contributed by atoms with Gasteiger partial charge in [0.05, 0.1) is 17.2 Å². The number of hydrogen-bond acceptors (Lipinski definition) is 5. The topological polar surface area (TPSA) is 70.9 Å². The second-order valence-corrected chi connectivity index (χ2v) is 9.12. The molecule has 0 radical (unpaired) electrons. The third-order valence-electron chi connectivity index (χ3n) is 4.42. The van der Waals surface area contributed by atoms with E-state index >= 15 is 0 Å². The van der Waals surface area contributed by atoms with Crippen LogP contribution in [0.3, 0.4) is 0 Å². The Morgan fingerprint density at radius 1 is 1.36 bits per heavy atom. The molecule has 0 saturated heterocycles. The second-order valence-electron chi connectivity index (χ2n) is 6.37. The molecule has 2 aliphatic heterocycles. The predicted octanol–water partition coefficient (Wildman–Crippen LogP) is 3.87. The van der Waals surface area contributed by atoms with Crippen LogP contribution in [0.1, 0.15) is 19.4 Å². The van der Waals surface area contributed by atoms with Crippen LogP contribution < -0.4 is 5.32 Å². The molecule has 1 aromatic carbocycles. The van der Waals surface area contributed by atoms with Gasteiger partial charge in [0.25, 0.3) is 5.91 Å². The highest BCUT2D eigenvalue weighted by Gasteiger charge is 2.36. The van der Waals surface area contributed by atoms with E-state index in [0.717, 1.165) is 15.5 Å². The number of allylic oxidation sites excluding steroid dienone is 1. The lowest BCUT2D eigenvalue weighted by molar-refractivity contribution is -0.120. The van der Waals surface area contributed by atoms with Gasteiger partial charge in [-0.1, -0.05) is 29.4 Å².